The Morgan fingerprint density at radius 1 is 1.05 bits per heavy atom. The van der Waals surface area contributed by atoms with E-state index in [4.69, 9.17) is 6.42 Å². The summed E-state index contributed by atoms with van der Waals surface area (Å²) in [5.74, 6) is 4.73. The van der Waals surface area contributed by atoms with Crippen LogP contribution in [0.5, 0.6) is 0 Å². The quantitative estimate of drug-likeness (QED) is 0.224. The molecule has 3 aromatic rings. The number of aliphatic hydroxyl groups is 1. The lowest BCUT2D eigenvalue weighted by molar-refractivity contribution is -0.0852. The molecule has 2 aromatic carbocycles. The lowest BCUT2D eigenvalue weighted by atomic mass is 9.50. The number of terminal acetylenes is 1. The Labute approximate surface area is 233 Å². The first-order chi connectivity index (χ1) is 19.3. The van der Waals surface area contributed by atoms with E-state index in [1.807, 2.05) is 18.2 Å². The van der Waals surface area contributed by atoms with E-state index >= 15 is 0 Å². The highest BCUT2D eigenvalue weighted by molar-refractivity contribution is 6.08. The average Bonchev–Trinajstić information content (AvgIpc) is 3.26. The number of aromatic amines is 1. The van der Waals surface area contributed by atoms with Gasteiger partial charge in [0.1, 0.15) is 5.60 Å². The first-order valence-corrected chi connectivity index (χ1v) is 14.6. The van der Waals surface area contributed by atoms with Crippen LogP contribution in [0.2, 0.25) is 0 Å². The maximum absolute atomic E-state index is 13.2. The summed E-state index contributed by atoms with van der Waals surface area (Å²) in [5, 5.41) is 16.8. The molecule has 0 spiro atoms. The maximum atomic E-state index is 13.2. The van der Waals surface area contributed by atoms with Crippen molar-refractivity contribution in [1.29, 1.82) is 0 Å². The smallest absolute Gasteiger partial charge is 0.273 e. The van der Waals surface area contributed by atoms with Crippen LogP contribution in [0.1, 0.15) is 68.6 Å². The number of carbonyl (C=O) groups is 1. The molecule has 0 saturated heterocycles. The Hall–Kier alpha value is -3.69. The number of pyridine rings is 1. The van der Waals surface area contributed by atoms with Gasteiger partial charge in [-0.25, -0.2) is 5.43 Å². The molecule has 1 heterocycles. The van der Waals surface area contributed by atoms with Crippen molar-refractivity contribution in [3.05, 3.63) is 69.9 Å². The lowest BCUT2D eigenvalue weighted by Gasteiger charge is -2.54. The van der Waals surface area contributed by atoms with Gasteiger partial charge >= 0.3 is 0 Å². The normalized spacial score (nSPS) is 34.0. The number of hydrogen-bond donors (Lipinski definition) is 3. The summed E-state index contributed by atoms with van der Waals surface area (Å²) in [6.07, 6.45) is 15.9. The largest absolute Gasteiger partial charge is 0.377 e. The minimum Gasteiger partial charge on any atom is -0.377 e. The molecule has 4 aliphatic rings. The number of nitrogens with one attached hydrogen (secondary N) is 2. The van der Waals surface area contributed by atoms with Crippen LogP contribution in [0, 0.1) is 41.4 Å². The molecule has 40 heavy (non-hydrogen) atoms. The number of amides is 1. The fourth-order valence-electron chi connectivity index (χ4n) is 8.85. The number of nitrogens with zero attached hydrogens (tertiary/aromatic N) is 1. The number of allylic oxidation sites excluding steroid dienone is 2. The number of aromatic nitrogens is 1. The maximum Gasteiger partial charge on any atom is 0.273 e. The number of para-hydroxylation sites is 2. The van der Waals surface area contributed by atoms with Crippen molar-refractivity contribution >= 4 is 33.4 Å². The zero-order chi connectivity index (χ0) is 27.6. The summed E-state index contributed by atoms with van der Waals surface area (Å²) < 4.78 is 0. The van der Waals surface area contributed by atoms with Gasteiger partial charge in [0.15, 0.2) is 5.43 Å². The molecule has 204 valence electrons. The molecule has 1 aromatic heterocycles. The van der Waals surface area contributed by atoms with E-state index in [9.17, 15) is 14.7 Å². The van der Waals surface area contributed by atoms with Crippen molar-refractivity contribution in [3.63, 3.8) is 0 Å². The van der Waals surface area contributed by atoms with E-state index in [0.29, 0.717) is 51.0 Å². The predicted octanol–water partition coefficient (Wildman–Crippen LogP) is 5.70. The summed E-state index contributed by atoms with van der Waals surface area (Å²) in [7, 11) is 0. The highest BCUT2D eigenvalue weighted by Crippen LogP contribution is 2.64. The van der Waals surface area contributed by atoms with Crippen molar-refractivity contribution < 1.29 is 9.90 Å². The van der Waals surface area contributed by atoms with Gasteiger partial charge in [-0.15, -0.1) is 6.42 Å². The number of fused-ring (bicyclic) bond motifs is 7. The zero-order valence-corrected chi connectivity index (χ0v) is 22.9. The number of hydrazone groups is 1. The van der Waals surface area contributed by atoms with E-state index in [0.717, 1.165) is 57.1 Å². The standard InChI is InChI=1S/C34H35N3O3/c1-3-34(40)18-16-28-24-13-11-20-19-21(12-14-22(20)23(24)15-17-33(28,34)2)36-37-32(39)27-9-6-8-26-30(27)35-29-10-5-4-7-25(29)31(26)38/h1,4-10,19,22-24,28,40H,11-18H2,2H3,(H,35,38)(H,37,39). The summed E-state index contributed by atoms with van der Waals surface area (Å²) >= 11 is 0. The SMILES string of the molecule is C#CC1(O)CCC2C3CCC4=CC(=NNC(=O)c5cccc6c(=O)c7ccccc7[nH]c56)CCC4C3CCC21C. The van der Waals surface area contributed by atoms with Gasteiger partial charge in [-0.2, -0.15) is 5.10 Å². The number of benzene rings is 2. The molecule has 4 aliphatic carbocycles. The Morgan fingerprint density at radius 3 is 2.73 bits per heavy atom. The number of H-pyrrole nitrogens is 1. The first-order valence-electron chi connectivity index (χ1n) is 14.6. The molecule has 3 saturated carbocycles. The van der Waals surface area contributed by atoms with Crippen molar-refractivity contribution in [2.75, 3.05) is 0 Å². The molecule has 1 amide bonds. The third kappa shape index (κ3) is 3.64. The van der Waals surface area contributed by atoms with Gasteiger partial charge in [0.05, 0.1) is 16.8 Å². The number of carbonyl (C=O) groups excluding carboxylic acids is 1. The van der Waals surface area contributed by atoms with Crippen molar-refractivity contribution in [1.82, 2.24) is 10.4 Å². The Bertz CT molecular complexity index is 1710. The van der Waals surface area contributed by atoms with E-state index in [1.165, 1.54) is 5.57 Å². The zero-order valence-electron chi connectivity index (χ0n) is 22.9. The molecule has 0 bridgehead atoms. The summed E-state index contributed by atoms with van der Waals surface area (Å²) in [5.41, 5.74) is 5.53. The second-order valence-electron chi connectivity index (χ2n) is 12.6. The summed E-state index contributed by atoms with van der Waals surface area (Å²) in [6.45, 7) is 2.23. The van der Waals surface area contributed by atoms with E-state index in [2.05, 4.69) is 34.4 Å². The predicted molar refractivity (Wildman–Crippen MR) is 158 cm³/mol. The Morgan fingerprint density at radius 2 is 1.88 bits per heavy atom. The number of rotatable bonds is 2. The van der Waals surface area contributed by atoms with E-state index in [-0.39, 0.29) is 16.8 Å². The minimum absolute atomic E-state index is 0.0893. The van der Waals surface area contributed by atoms with Crippen LogP contribution in [0.15, 0.2) is 64.0 Å². The molecule has 3 N–H and O–H groups in total. The summed E-state index contributed by atoms with van der Waals surface area (Å²) in [6, 6.07) is 12.6. The third-order valence-electron chi connectivity index (χ3n) is 11.0. The van der Waals surface area contributed by atoms with E-state index in [1.54, 1.807) is 24.3 Å². The molecule has 0 radical (unpaired) electrons. The van der Waals surface area contributed by atoms with Gasteiger partial charge in [-0.05, 0) is 105 Å². The second-order valence-corrected chi connectivity index (χ2v) is 12.6. The van der Waals surface area contributed by atoms with Crippen LogP contribution in [0.3, 0.4) is 0 Å². The van der Waals surface area contributed by atoms with Gasteiger partial charge in [-0.1, -0.05) is 36.6 Å². The molecule has 0 aliphatic heterocycles. The van der Waals surface area contributed by atoms with Crippen LogP contribution < -0.4 is 10.9 Å². The fraction of sp³-hybridized carbons (Fsp3) is 0.441. The monoisotopic (exact) mass is 533 g/mol. The van der Waals surface area contributed by atoms with Gasteiger partial charge < -0.3 is 10.1 Å². The molecule has 7 rings (SSSR count). The van der Waals surface area contributed by atoms with Crippen molar-refractivity contribution in [2.24, 2.45) is 34.2 Å². The molecule has 6 nitrogen and oxygen atoms in total. The van der Waals surface area contributed by atoms with Crippen LogP contribution in [-0.4, -0.2) is 27.3 Å². The summed E-state index contributed by atoms with van der Waals surface area (Å²) in [4.78, 5) is 29.5. The first kappa shape index (κ1) is 25.3. The Balaban J connectivity index is 1.11. The fourth-order valence-corrected chi connectivity index (χ4v) is 8.85. The van der Waals surface area contributed by atoms with Crippen LogP contribution >= 0.6 is 0 Å². The van der Waals surface area contributed by atoms with Gasteiger partial charge in [0.2, 0.25) is 0 Å². The van der Waals surface area contributed by atoms with Gasteiger partial charge in [0.25, 0.3) is 5.91 Å². The second kappa shape index (κ2) is 9.17. The van der Waals surface area contributed by atoms with E-state index < -0.39 is 5.60 Å². The molecule has 6 heteroatoms. The van der Waals surface area contributed by atoms with Gasteiger partial charge in [-0.3, -0.25) is 9.59 Å². The molecular weight excluding hydrogens is 498 g/mol. The lowest BCUT2D eigenvalue weighted by Crippen LogP contribution is -2.52. The van der Waals surface area contributed by atoms with Crippen LogP contribution in [0.25, 0.3) is 21.8 Å². The molecule has 6 atom stereocenters. The van der Waals surface area contributed by atoms with Crippen LogP contribution in [-0.2, 0) is 0 Å². The van der Waals surface area contributed by atoms with Crippen LogP contribution in [0.4, 0.5) is 0 Å². The number of hydrogen-bond acceptors (Lipinski definition) is 4. The van der Waals surface area contributed by atoms with Crippen molar-refractivity contribution in [2.45, 2.75) is 63.9 Å². The molecule has 6 unspecified atom stereocenters. The van der Waals surface area contributed by atoms with Gasteiger partial charge in [0, 0.05) is 21.7 Å². The Kier molecular flexibility index (Phi) is 5.80. The van der Waals surface area contributed by atoms with Crippen molar-refractivity contribution in [3.8, 4) is 12.3 Å². The third-order valence-corrected chi connectivity index (χ3v) is 11.0. The highest BCUT2D eigenvalue weighted by Gasteiger charge is 2.61. The molecule has 3 fully saturated rings. The minimum atomic E-state index is -0.965. The topological polar surface area (TPSA) is 94.6 Å². The highest BCUT2D eigenvalue weighted by atomic mass is 16.3. The average molecular weight is 534 g/mol. The molecular formula is C34H35N3O3.